The fourth-order valence-electron chi connectivity index (χ4n) is 1.73. The molecule has 3 nitrogen and oxygen atoms in total. The van der Waals surface area contributed by atoms with Gasteiger partial charge in [0.15, 0.2) is 0 Å². The summed E-state index contributed by atoms with van der Waals surface area (Å²) in [4.78, 5) is 10.7. The van der Waals surface area contributed by atoms with Crippen LogP contribution in [0.3, 0.4) is 0 Å². The molecule has 1 heterocycles. The Morgan fingerprint density at radius 3 is 2.46 bits per heavy atom. The van der Waals surface area contributed by atoms with Crippen molar-refractivity contribution in [1.82, 2.24) is 0 Å². The Kier molecular flexibility index (Phi) is 6.59. The first-order chi connectivity index (χ1) is 6.06. The van der Waals surface area contributed by atoms with Gasteiger partial charge < -0.3 is 14.8 Å². The zero-order valence-electron chi connectivity index (χ0n) is 8.93. The summed E-state index contributed by atoms with van der Waals surface area (Å²) in [7, 11) is 0. The maximum atomic E-state index is 8.89. The van der Waals surface area contributed by atoms with Crippen LogP contribution >= 0.6 is 0 Å². The molecule has 0 spiro atoms. The molecule has 78 valence electrons. The molecule has 0 amide bonds. The lowest BCUT2D eigenvalue weighted by molar-refractivity contribution is -0.888. The molecule has 1 fully saturated rings. The normalized spacial score (nSPS) is 26.4. The van der Waals surface area contributed by atoms with Gasteiger partial charge in [-0.3, -0.25) is 0 Å². The summed E-state index contributed by atoms with van der Waals surface area (Å²) >= 11 is 0. The molecule has 0 radical (unpaired) electrons. The molecule has 0 bridgehead atoms. The van der Waals surface area contributed by atoms with Crippen LogP contribution in [0.25, 0.3) is 0 Å². The molecule has 2 atom stereocenters. The van der Waals surface area contributed by atoms with Crippen molar-refractivity contribution in [2.24, 2.45) is 5.92 Å². The minimum atomic E-state index is -1.08. The maximum absolute atomic E-state index is 8.89. The van der Waals surface area contributed by atoms with Gasteiger partial charge >= 0.3 is 0 Å². The van der Waals surface area contributed by atoms with Crippen molar-refractivity contribution in [2.45, 2.75) is 33.6 Å². The smallest absolute Gasteiger partial charge is 0.0799 e. The zero-order valence-corrected chi connectivity index (χ0v) is 8.93. The van der Waals surface area contributed by atoms with Crippen LogP contribution in [0.2, 0.25) is 0 Å². The molecule has 3 heteroatoms. The Labute approximate surface area is 80.7 Å². The fraction of sp³-hybridized carbons (Fsp3) is 0.900. The molecule has 0 aliphatic carbocycles. The Morgan fingerprint density at radius 1 is 1.62 bits per heavy atom. The number of hydrogen-bond acceptors (Lipinski definition) is 2. The van der Waals surface area contributed by atoms with E-state index in [1.54, 1.807) is 0 Å². The van der Waals surface area contributed by atoms with Gasteiger partial charge in [0.2, 0.25) is 0 Å². The lowest BCUT2D eigenvalue weighted by Gasteiger charge is -2.09. The molecule has 13 heavy (non-hydrogen) atoms. The molecule has 1 saturated heterocycles. The van der Waals surface area contributed by atoms with Crippen LogP contribution in [-0.4, -0.2) is 25.6 Å². The lowest BCUT2D eigenvalue weighted by Crippen LogP contribution is -3.10. The number of nitrogens with one attached hydrogen (secondary N) is 1. The first kappa shape index (κ1) is 12.4. The molecular formula is C10H21NO2. The molecule has 2 unspecified atom stereocenters. The molecule has 0 aromatic rings. The van der Waals surface area contributed by atoms with Gasteiger partial charge in [-0.1, -0.05) is 13.8 Å². The average Bonchev–Trinajstić information content (AvgIpc) is 2.35. The number of quaternary nitrogens is 1. The van der Waals surface area contributed by atoms with Crippen molar-refractivity contribution in [2.75, 3.05) is 19.6 Å². The van der Waals surface area contributed by atoms with Gasteiger partial charge in [-0.15, -0.1) is 0 Å². The number of likely N-dealkylation sites (tertiary alicyclic amines) is 1. The molecule has 1 aliphatic heterocycles. The van der Waals surface area contributed by atoms with E-state index >= 15 is 0 Å². The number of hydrogen-bond donors (Lipinski definition) is 1. The van der Waals surface area contributed by atoms with E-state index in [1.165, 1.54) is 32.5 Å². The first-order valence-electron chi connectivity index (χ1n) is 5.07. The number of carbonyl (C=O) groups excluding carboxylic acids is 1. The molecule has 0 aromatic heterocycles. The number of carboxylic acids is 1. The zero-order chi connectivity index (χ0) is 10.3. The molecular weight excluding hydrogens is 166 g/mol. The number of carbonyl (C=O) groups is 1. The largest absolute Gasteiger partial charge is 0.550 e. The topological polar surface area (TPSA) is 44.6 Å². The summed E-state index contributed by atoms with van der Waals surface area (Å²) in [6.45, 7) is 9.85. The highest BCUT2D eigenvalue weighted by molar-refractivity contribution is 5.60. The second-order valence-corrected chi connectivity index (χ2v) is 3.84. The van der Waals surface area contributed by atoms with E-state index in [1.807, 2.05) is 4.90 Å². The summed E-state index contributed by atoms with van der Waals surface area (Å²) < 4.78 is 0. The van der Waals surface area contributed by atoms with Gasteiger partial charge in [-0.2, -0.15) is 0 Å². The van der Waals surface area contributed by atoms with E-state index in [0.29, 0.717) is 0 Å². The SMILES string of the molecule is CC(=O)[O-].CCC[NH+]1CCC(C)C1. The minimum absolute atomic E-state index is 0.972. The first-order valence-corrected chi connectivity index (χ1v) is 5.07. The van der Waals surface area contributed by atoms with E-state index in [9.17, 15) is 0 Å². The minimum Gasteiger partial charge on any atom is -0.550 e. The van der Waals surface area contributed by atoms with Crippen molar-refractivity contribution in [3.63, 3.8) is 0 Å². The van der Waals surface area contributed by atoms with Gasteiger partial charge in [0.25, 0.3) is 0 Å². The van der Waals surface area contributed by atoms with Crippen LogP contribution < -0.4 is 10.0 Å². The van der Waals surface area contributed by atoms with Crippen molar-refractivity contribution in [1.29, 1.82) is 0 Å². The molecule has 1 rings (SSSR count). The highest BCUT2D eigenvalue weighted by atomic mass is 16.4. The average molecular weight is 187 g/mol. The molecule has 0 saturated carbocycles. The molecule has 1 aliphatic rings. The second-order valence-electron chi connectivity index (χ2n) is 3.84. The van der Waals surface area contributed by atoms with E-state index in [0.717, 1.165) is 12.8 Å². The number of rotatable bonds is 2. The summed E-state index contributed by atoms with van der Waals surface area (Å²) in [6, 6.07) is 0. The number of carboxylic acid groups (broad SMARTS) is 1. The highest BCUT2D eigenvalue weighted by Gasteiger charge is 2.20. The third kappa shape index (κ3) is 7.78. The van der Waals surface area contributed by atoms with Gasteiger partial charge in [-0.25, -0.2) is 0 Å². The summed E-state index contributed by atoms with van der Waals surface area (Å²) in [5, 5.41) is 8.89. The third-order valence-electron chi connectivity index (χ3n) is 2.23. The fourth-order valence-corrected chi connectivity index (χ4v) is 1.73. The Morgan fingerprint density at radius 2 is 2.15 bits per heavy atom. The van der Waals surface area contributed by atoms with Crippen LogP contribution in [0.4, 0.5) is 0 Å². The summed E-state index contributed by atoms with van der Waals surface area (Å²) in [5.74, 6) is -0.0912. The van der Waals surface area contributed by atoms with Crippen molar-refractivity contribution in [3.05, 3.63) is 0 Å². The van der Waals surface area contributed by atoms with Crippen LogP contribution in [0.5, 0.6) is 0 Å². The summed E-state index contributed by atoms with van der Waals surface area (Å²) in [6.07, 6.45) is 2.80. The van der Waals surface area contributed by atoms with Crippen molar-refractivity contribution < 1.29 is 14.8 Å². The van der Waals surface area contributed by atoms with Crippen molar-refractivity contribution in [3.8, 4) is 0 Å². The van der Waals surface area contributed by atoms with E-state index in [2.05, 4.69) is 13.8 Å². The quantitative estimate of drug-likeness (QED) is 0.607. The number of aliphatic carboxylic acids is 1. The Hall–Kier alpha value is -0.570. The standard InChI is InChI=1S/C8H17N.C2H4O2/c1-3-5-9-6-4-8(2)7-9;1-2(3)4/h8H,3-7H2,1-2H3;1H3,(H,3,4). The van der Waals surface area contributed by atoms with Gasteiger partial charge in [0.05, 0.1) is 19.6 Å². The highest BCUT2D eigenvalue weighted by Crippen LogP contribution is 2.00. The van der Waals surface area contributed by atoms with E-state index < -0.39 is 5.97 Å². The van der Waals surface area contributed by atoms with Gasteiger partial charge in [0.1, 0.15) is 0 Å². The molecule has 0 aromatic carbocycles. The van der Waals surface area contributed by atoms with Crippen LogP contribution in [0.1, 0.15) is 33.6 Å². The van der Waals surface area contributed by atoms with Crippen LogP contribution in [0.15, 0.2) is 0 Å². The predicted molar refractivity (Wildman–Crippen MR) is 50.3 cm³/mol. The predicted octanol–water partition coefficient (Wildman–Crippen LogP) is -0.923. The Balaban J connectivity index is 0.000000310. The van der Waals surface area contributed by atoms with E-state index in [-0.39, 0.29) is 0 Å². The summed E-state index contributed by atoms with van der Waals surface area (Å²) in [5.41, 5.74) is 0. The maximum Gasteiger partial charge on any atom is 0.0799 e. The van der Waals surface area contributed by atoms with Gasteiger partial charge in [0, 0.05) is 18.3 Å². The lowest BCUT2D eigenvalue weighted by atomic mass is 10.2. The van der Waals surface area contributed by atoms with Crippen LogP contribution in [-0.2, 0) is 4.79 Å². The van der Waals surface area contributed by atoms with Gasteiger partial charge in [-0.05, 0) is 13.3 Å². The van der Waals surface area contributed by atoms with Crippen LogP contribution in [0, 0.1) is 5.92 Å². The Bertz CT molecular complexity index is 142. The monoisotopic (exact) mass is 187 g/mol. The molecule has 1 N–H and O–H groups in total. The third-order valence-corrected chi connectivity index (χ3v) is 2.23. The van der Waals surface area contributed by atoms with E-state index in [4.69, 9.17) is 9.90 Å². The second kappa shape index (κ2) is 6.89. The van der Waals surface area contributed by atoms with Crippen molar-refractivity contribution >= 4 is 5.97 Å².